The molecule has 8 heavy (non-hydrogen) atoms. The molecule has 0 atom stereocenters. The Hall–Kier alpha value is -0.720. The lowest BCUT2D eigenvalue weighted by Crippen LogP contribution is -1.27. The molecule has 0 unspecified atom stereocenters. The first-order chi connectivity index (χ1) is 3.91. The SMILES string of the molecule is CCC.c1ccoc1. The molecule has 0 aliphatic carbocycles. The van der Waals surface area contributed by atoms with E-state index in [2.05, 4.69) is 18.3 Å². The zero-order valence-electron chi connectivity index (χ0n) is 5.42. The lowest BCUT2D eigenvalue weighted by Gasteiger charge is -1.50. The Kier molecular flexibility index (Phi) is 5.71. The van der Waals surface area contributed by atoms with Crippen molar-refractivity contribution >= 4 is 0 Å². The topological polar surface area (TPSA) is 13.1 Å². The maximum atomic E-state index is 4.58. The molecule has 0 aliphatic rings. The Balaban J connectivity index is 0.000000145. The van der Waals surface area contributed by atoms with Crippen LogP contribution >= 0.6 is 0 Å². The first kappa shape index (κ1) is 7.28. The summed E-state index contributed by atoms with van der Waals surface area (Å²) in [5.41, 5.74) is 0. The van der Waals surface area contributed by atoms with Crippen LogP contribution in [0.25, 0.3) is 0 Å². The van der Waals surface area contributed by atoms with Crippen molar-refractivity contribution in [1.29, 1.82) is 0 Å². The Morgan fingerprint density at radius 1 is 1.12 bits per heavy atom. The fourth-order valence-corrected chi connectivity index (χ4v) is 0.227. The molecule has 0 saturated heterocycles. The molecule has 0 saturated carbocycles. The van der Waals surface area contributed by atoms with Gasteiger partial charge in [-0.1, -0.05) is 20.3 Å². The standard InChI is InChI=1S/C4H4O.C3H8/c1-2-4-5-3-1;1-3-2/h1-4H;3H2,1-2H3. The van der Waals surface area contributed by atoms with Gasteiger partial charge in [0.2, 0.25) is 0 Å². The Labute approximate surface area is 50.3 Å². The van der Waals surface area contributed by atoms with Crippen LogP contribution in [0.4, 0.5) is 0 Å². The molecule has 1 aromatic rings. The molecule has 0 radical (unpaired) electrons. The van der Waals surface area contributed by atoms with Gasteiger partial charge in [0, 0.05) is 0 Å². The highest BCUT2D eigenvalue weighted by molar-refractivity contribution is 4.79. The molecule has 1 heteroatoms. The highest BCUT2D eigenvalue weighted by Gasteiger charge is 1.58. The summed E-state index contributed by atoms with van der Waals surface area (Å²) in [6, 6.07) is 3.67. The van der Waals surface area contributed by atoms with Crippen molar-refractivity contribution in [3.8, 4) is 0 Å². The summed E-state index contributed by atoms with van der Waals surface area (Å²) in [6.45, 7) is 4.25. The number of hydrogen-bond acceptors (Lipinski definition) is 1. The Bertz CT molecular complexity index is 71.3. The molecular formula is C7H12O. The van der Waals surface area contributed by atoms with Crippen LogP contribution in [0.1, 0.15) is 20.3 Å². The van der Waals surface area contributed by atoms with E-state index in [1.165, 1.54) is 6.42 Å². The minimum Gasteiger partial charge on any atom is -0.473 e. The fourth-order valence-electron chi connectivity index (χ4n) is 0.227. The van der Waals surface area contributed by atoms with Crippen LogP contribution in [0.15, 0.2) is 29.1 Å². The zero-order valence-corrected chi connectivity index (χ0v) is 5.42. The predicted molar refractivity (Wildman–Crippen MR) is 34.7 cm³/mol. The fraction of sp³-hybridized carbons (Fsp3) is 0.429. The molecule has 1 nitrogen and oxygen atoms in total. The van der Waals surface area contributed by atoms with Gasteiger partial charge in [-0.2, -0.15) is 0 Å². The van der Waals surface area contributed by atoms with Crippen molar-refractivity contribution in [2.45, 2.75) is 20.3 Å². The van der Waals surface area contributed by atoms with Gasteiger partial charge in [-0.15, -0.1) is 0 Å². The van der Waals surface area contributed by atoms with Crippen LogP contribution in [0.3, 0.4) is 0 Å². The minimum absolute atomic E-state index is 1.25. The average molecular weight is 112 g/mol. The second-order valence-electron chi connectivity index (χ2n) is 1.50. The summed E-state index contributed by atoms with van der Waals surface area (Å²) < 4.78 is 4.58. The normalized spacial score (nSPS) is 7.25. The molecular weight excluding hydrogens is 100 g/mol. The summed E-state index contributed by atoms with van der Waals surface area (Å²) >= 11 is 0. The van der Waals surface area contributed by atoms with Crippen molar-refractivity contribution in [2.24, 2.45) is 0 Å². The van der Waals surface area contributed by atoms with Crippen LogP contribution in [0, 0.1) is 0 Å². The summed E-state index contributed by atoms with van der Waals surface area (Å²) in [5.74, 6) is 0. The van der Waals surface area contributed by atoms with Crippen LogP contribution in [0.2, 0.25) is 0 Å². The van der Waals surface area contributed by atoms with Crippen LogP contribution in [-0.2, 0) is 0 Å². The molecule has 0 amide bonds. The lowest BCUT2D eigenvalue weighted by molar-refractivity contribution is 0.567. The van der Waals surface area contributed by atoms with Gasteiger partial charge in [-0.25, -0.2) is 0 Å². The molecule has 0 spiro atoms. The van der Waals surface area contributed by atoms with Gasteiger partial charge in [-0.3, -0.25) is 0 Å². The molecule has 0 N–H and O–H groups in total. The van der Waals surface area contributed by atoms with Crippen molar-refractivity contribution in [3.63, 3.8) is 0 Å². The lowest BCUT2D eigenvalue weighted by atomic mass is 10.6. The molecule has 0 fully saturated rings. The van der Waals surface area contributed by atoms with Crippen LogP contribution in [-0.4, -0.2) is 0 Å². The largest absolute Gasteiger partial charge is 0.473 e. The zero-order chi connectivity index (χ0) is 6.24. The van der Waals surface area contributed by atoms with E-state index in [0.717, 1.165) is 0 Å². The third-order valence-corrected chi connectivity index (χ3v) is 0.425. The molecule has 46 valence electrons. The van der Waals surface area contributed by atoms with Crippen molar-refractivity contribution in [2.75, 3.05) is 0 Å². The first-order valence-corrected chi connectivity index (χ1v) is 2.89. The molecule has 0 aliphatic heterocycles. The van der Waals surface area contributed by atoms with E-state index >= 15 is 0 Å². The number of furan rings is 1. The maximum absolute atomic E-state index is 4.58. The van der Waals surface area contributed by atoms with Gasteiger partial charge in [0.25, 0.3) is 0 Å². The van der Waals surface area contributed by atoms with E-state index < -0.39 is 0 Å². The maximum Gasteiger partial charge on any atom is 0.0902 e. The Morgan fingerprint density at radius 2 is 1.50 bits per heavy atom. The van der Waals surface area contributed by atoms with E-state index in [1.807, 2.05) is 12.1 Å². The average Bonchev–Trinajstić information content (AvgIpc) is 2.17. The Morgan fingerprint density at radius 3 is 1.62 bits per heavy atom. The van der Waals surface area contributed by atoms with E-state index in [4.69, 9.17) is 0 Å². The summed E-state index contributed by atoms with van der Waals surface area (Å²) in [4.78, 5) is 0. The monoisotopic (exact) mass is 112 g/mol. The molecule has 1 aromatic heterocycles. The molecule has 0 aromatic carbocycles. The van der Waals surface area contributed by atoms with E-state index in [1.54, 1.807) is 12.5 Å². The van der Waals surface area contributed by atoms with Crippen molar-refractivity contribution in [1.82, 2.24) is 0 Å². The van der Waals surface area contributed by atoms with Crippen LogP contribution < -0.4 is 0 Å². The van der Waals surface area contributed by atoms with Gasteiger partial charge in [0.1, 0.15) is 0 Å². The van der Waals surface area contributed by atoms with E-state index in [9.17, 15) is 0 Å². The summed E-state index contributed by atoms with van der Waals surface area (Å²) in [6.07, 6.45) is 4.50. The molecule has 0 bridgehead atoms. The minimum atomic E-state index is 1.25. The number of rotatable bonds is 0. The third kappa shape index (κ3) is 5.28. The van der Waals surface area contributed by atoms with Gasteiger partial charge in [0.15, 0.2) is 0 Å². The molecule has 1 heterocycles. The summed E-state index contributed by atoms with van der Waals surface area (Å²) in [7, 11) is 0. The quantitative estimate of drug-likeness (QED) is 0.503. The van der Waals surface area contributed by atoms with Crippen molar-refractivity contribution < 1.29 is 4.42 Å². The second-order valence-corrected chi connectivity index (χ2v) is 1.50. The first-order valence-electron chi connectivity index (χ1n) is 2.89. The molecule has 1 rings (SSSR count). The highest BCUT2D eigenvalue weighted by Crippen LogP contribution is 1.79. The number of hydrogen-bond donors (Lipinski definition) is 0. The van der Waals surface area contributed by atoms with E-state index in [-0.39, 0.29) is 0 Å². The second kappa shape index (κ2) is 6.28. The third-order valence-electron chi connectivity index (χ3n) is 0.425. The predicted octanol–water partition coefficient (Wildman–Crippen LogP) is 2.70. The smallest absolute Gasteiger partial charge is 0.0902 e. The van der Waals surface area contributed by atoms with Gasteiger partial charge in [-0.05, 0) is 12.1 Å². The highest BCUT2D eigenvalue weighted by atomic mass is 16.3. The van der Waals surface area contributed by atoms with Crippen LogP contribution in [0.5, 0.6) is 0 Å². The van der Waals surface area contributed by atoms with Gasteiger partial charge < -0.3 is 4.42 Å². The van der Waals surface area contributed by atoms with Crippen molar-refractivity contribution in [3.05, 3.63) is 24.7 Å². The van der Waals surface area contributed by atoms with Gasteiger partial charge in [0.05, 0.1) is 12.5 Å². The van der Waals surface area contributed by atoms with Gasteiger partial charge >= 0.3 is 0 Å². The van der Waals surface area contributed by atoms with E-state index in [0.29, 0.717) is 0 Å². The summed E-state index contributed by atoms with van der Waals surface area (Å²) in [5, 5.41) is 0.